The van der Waals surface area contributed by atoms with Crippen LogP contribution in [0.3, 0.4) is 0 Å². The summed E-state index contributed by atoms with van der Waals surface area (Å²) in [5.74, 6) is 2.40. The van der Waals surface area contributed by atoms with E-state index in [2.05, 4.69) is 32.9 Å². The number of carbonyl (C=O) groups excluding carboxylic acids is 1. The van der Waals surface area contributed by atoms with E-state index in [1.165, 1.54) is 38.4 Å². The Morgan fingerprint density at radius 3 is 2.71 bits per heavy atom. The van der Waals surface area contributed by atoms with Crippen LogP contribution in [-0.4, -0.2) is 48.7 Å². The summed E-state index contributed by atoms with van der Waals surface area (Å²) in [7, 11) is 1.47. The van der Waals surface area contributed by atoms with Crippen LogP contribution in [0.25, 0.3) is 0 Å². The molecule has 5 nitrogen and oxygen atoms in total. The lowest BCUT2D eigenvalue weighted by atomic mass is 9.49. The number of aliphatic hydroxyl groups is 2. The Morgan fingerprint density at radius 2 is 1.97 bits per heavy atom. The number of allylic oxidation sites excluding steroid dienone is 3. The molecule has 192 valence electrons. The molecule has 4 aliphatic rings. The third kappa shape index (κ3) is 4.65. The molecule has 7 unspecified atom stereocenters. The lowest BCUT2D eigenvalue weighted by Crippen LogP contribution is -2.50. The Bertz CT molecular complexity index is 802. The predicted octanol–water partition coefficient (Wildman–Crippen LogP) is 5.20. The van der Waals surface area contributed by atoms with Crippen molar-refractivity contribution < 1.29 is 24.5 Å². The van der Waals surface area contributed by atoms with Crippen LogP contribution in [0.4, 0.5) is 0 Å². The molecule has 0 heterocycles. The summed E-state index contributed by atoms with van der Waals surface area (Å²) in [6.07, 6.45) is 13.9. The van der Waals surface area contributed by atoms with Gasteiger partial charge in [-0.3, -0.25) is 4.79 Å². The first kappa shape index (κ1) is 25.9. The van der Waals surface area contributed by atoms with Crippen molar-refractivity contribution in [3.05, 3.63) is 23.3 Å². The van der Waals surface area contributed by atoms with Gasteiger partial charge >= 0.3 is 5.97 Å². The fourth-order valence-electron chi connectivity index (χ4n) is 8.33. The first-order valence-electron chi connectivity index (χ1n) is 13.6. The predicted molar refractivity (Wildman–Crippen MR) is 133 cm³/mol. The Labute approximate surface area is 206 Å². The highest BCUT2D eigenvalue weighted by atomic mass is 16.5. The maximum absolute atomic E-state index is 11.6. The minimum absolute atomic E-state index is 0.0543. The summed E-state index contributed by atoms with van der Waals surface area (Å²) in [4.78, 5) is 11.6. The Balaban J connectivity index is 1.48. The molecular formula is C29H46O5. The van der Waals surface area contributed by atoms with Crippen LogP contribution < -0.4 is 0 Å². The van der Waals surface area contributed by atoms with E-state index in [0.29, 0.717) is 55.0 Å². The molecule has 3 saturated carbocycles. The van der Waals surface area contributed by atoms with Gasteiger partial charge in [-0.25, -0.2) is 0 Å². The largest absolute Gasteiger partial charge is 0.469 e. The molecule has 0 amide bonds. The minimum Gasteiger partial charge on any atom is -0.469 e. The van der Waals surface area contributed by atoms with Gasteiger partial charge in [0.2, 0.25) is 0 Å². The van der Waals surface area contributed by atoms with Gasteiger partial charge in [-0.15, -0.1) is 0 Å². The molecule has 0 aromatic carbocycles. The van der Waals surface area contributed by atoms with Crippen LogP contribution in [0.2, 0.25) is 0 Å². The van der Waals surface area contributed by atoms with Crippen molar-refractivity contribution in [2.24, 2.45) is 34.5 Å². The van der Waals surface area contributed by atoms with Crippen molar-refractivity contribution in [2.45, 2.75) is 97.2 Å². The van der Waals surface area contributed by atoms with E-state index in [0.717, 1.165) is 19.3 Å². The molecule has 0 radical (unpaired) electrons. The van der Waals surface area contributed by atoms with E-state index < -0.39 is 6.10 Å². The molecule has 0 bridgehead atoms. The van der Waals surface area contributed by atoms with E-state index >= 15 is 0 Å². The minimum atomic E-state index is -0.455. The molecule has 0 aliphatic heterocycles. The van der Waals surface area contributed by atoms with Gasteiger partial charge in [0.15, 0.2) is 0 Å². The highest BCUT2D eigenvalue weighted by molar-refractivity contribution is 5.68. The van der Waals surface area contributed by atoms with Gasteiger partial charge in [0.05, 0.1) is 19.3 Å². The van der Waals surface area contributed by atoms with Crippen molar-refractivity contribution in [3.63, 3.8) is 0 Å². The normalized spacial score (nSPS) is 39.9. The topological polar surface area (TPSA) is 76.0 Å². The summed E-state index contributed by atoms with van der Waals surface area (Å²) >= 11 is 0. The van der Waals surface area contributed by atoms with Gasteiger partial charge in [0.1, 0.15) is 0 Å². The molecule has 4 aliphatic carbocycles. The smallest absolute Gasteiger partial charge is 0.305 e. The van der Waals surface area contributed by atoms with Crippen molar-refractivity contribution in [1.29, 1.82) is 0 Å². The van der Waals surface area contributed by atoms with Crippen molar-refractivity contribution in [3.8, 4) is 0 Å². The van der Waals surface area contributed by atoms with Gasteiger partial charge in [-0.1, -0.05) is 44.1 Å². The van der Waals surface area contributed by atoms with Gasteiger partial charge in [-0.2, -0.15) is 0 Å². The van der Waals surface area contributed by atoms with E-state index in [-0.39, 0.29) is 24.1 Å². The molecule has 2 N–H and O–H groups in total. The number of methoxy groups -OCH3 is 1. The van der Waals surface area contributed by atoms with Crippen molar-refractivity contribution in [1.82, 2.24) is 0 Å². The lowest BCUT2D eigenvalue weighted by molar-refractivity contribution is -0.140. The molecule has 0 saturated heterocycles. The second-order valence-electron chi connectivity index (χ2n) is 12.0. The fraction of sp³-hybridized carbons (Fsp3) is 0.828. The van der Waals surface area contributed by atoms with Gasteiger partial charge in [0, 0.05) is 19.6 Å². The van der Waals surface area contributed by atoms with Crippen molar-refractivity contribution >= 4 is 5.97 Å². The summed E-state index contributed by atoms with van der Waals surface area (Å²) in [5.41, 5.74) is 3.43. The molecular weight excluding hydrogens is 428 g/mol. The Morgan fingerprint density at radius 1 is 1.18 bits per heavy atom. The fourth-order valence-corrected chi connectivity index (χ4v) is 8.33. The number of rotatable bonds is 9. The number of fused-ring (bicyclic) bond motifs is 5. The molecule has 0 spiro atoms. The van der Waals surface area contributed by atoms with Crippen molar-refractivity contribution in [2.75, 3.05) is 20.3 Å². The third-order valence-electron chi connectivity index (χ3n) is 10.2. The van der Waals surface area contributed by atoms with E-state index in [1.807, 2.05) is 0 Å². The van der Waals surface area contributed by atoms with Crippen LogP contribution in [0, 0.1) is 34.5 Å². The first-order chi connectivity index (χ1) is 16.2. The second-order valence-corrected chi connectivity index (χ2v) is 12.0. The second kappa shape index (κ2) is 10.4. The van der Waals surface area contributed by atoms with Crippen LogP contribution >= 0.6 is 0 Å². The Hall–Kier alpha value is -1.17. The number of esters is 1. The SMILES string of the molecule is COC(=O)CCC[C@@H](C)C1CCC2C3=CC=C4CC(O)C(OCCCO)CC4(C)C3CCC21C. The van der Waals surface area contributed by atoms with Crippen LogP contribution in [0.5, 0.6) is 0 Å². The highest BCUT2D eigenvalue weighted by Gasteiger charge is 2.57. The van der Waals surface area contributed by atoms with Crippen LogP contribution in [-0.2, 0) is 14.3 Å². The average Bonchev–Trinajstić information content (AvgIpc) is 3.17. The molecule has 4 rings (SSSR count). The van der Waals surface area contributed by atoms with Crippen LogP contribution in [0.1, 0.15) is 85.0 Å². The monoisotopic (exact) mass is 474 g/mol. The first-order valence-corrected chi connectivity index (χ1v) is 13.6. The number of hydrogen-bond donors (Lipinski definition) is 2. The molecule has 0 aromatic heterocycles. The summed E-state index contributed by atoms with van der Waals surface area (Å²) < 4.78 is 10.9. The van der Waals surface area contributed by atoms with Gasteiger partial charge < -0.3 is 19.7 Å². The third-order valence-corrected chi connectivity index (χ3v) is 10.2. The molecule has 0 aromatic rings. The Kier molecular flexibility index (Phi) is 7.96. The average molecular weight is 475 g/mol. The zero-order valence-electron chi connectivity index (χ0n) is 21.7. The number of ether oxygens (including phenoxy) is 2. The van der Waals surface area contributed by atoms with E-state index in [1.54, 1.807) is 5.57 Å². The van der Waals surface area contributed by atoms with Crippen LogP contribution in [0.15, 0.2) is 23.3 Å². The number of carbonyl (C=O) groups is 1. The number of aliphatic hydroxyl groups excluding tert-OH is 2. The lowest BCUT2D eigenvalue weighted by Gasteiger charge is -2.56. The molecule has 8 atom stereocenters. The highest BCUT2D eigenvalue weighted by Crippen LogP contribution is 2.66. The van der Waals surface area contributed by atoms with Gasteiger partial charge in [-0.05, 0) is 92.3 Å². The quantitative estimate of drug-likeness (QED) is 0.355. The van der Waals surface area contributed by atoms with E-state index in [4.69, 9.17) is 14.6 Å². The zero-order valence-corrected chi connectivity index (χ0v) is 21.7. The summed E-state index contributed by atoms with van der Waals surface area (Å²) in [6.45, 7) is 7.98. The molecule has 3 fully saturated rings. The summed E-state index contributed by atoms with van der Waals surface area (Å²) in [6, 6.07) is 0. The summed E-state index contributed by atoms with van der Waals surface area (Å²) in [5, 5.41) is 19.9. The standard InChI is InChI=1S/C29H46O5/c1-19(7-5-8-27(32)33-4)22-11-12-23-21-10-9-20-17-25(31)26(34-16-6-15-30)18-29(20,3)24(21)13-14-28(22,23)2/h9-10,19,22-26,30-31H,5-8,11-18H2,1-4H3/t19-,22?,23?,24?,25?,26?,28?,29?/m1/s1. The maximum Gasteiger partial charge on any atom is 0.305 e. The molecule has 34 heavy (non-hydrogen) atoms. The van der Waals surface area contributed by atoms with E-state index in [9.17, 15) is 9.90 Å². The number of hydrogen-bond acceptors (Lipinski definition) is 5. The molecule has 5 heteroatoms. The van der Waals surface area contributed by atoms with Gasteiger partial charge in [0.25, 0.3) is 0 Å². The maximum atomic E-state index is 11.6. The zero-order chi connectivity index (χ0) is 24.5.